The Morgan fingerprint density at radius 1 is 1.13 bits per heavy atom. The second kappa shape index (κ2) is 16.8. The number of carbonyl (C=O) groups excluding carboxylic acids is 2. The van der Waals surface area contributed by atoms with Gasteiger partial charge in [0, 0.05) is 18.8 Å². The molecular formula is C27H37ClF2N4O4. The van der Waals surface area contributed by atoms with Gasteiger partial charge in [0.05, 0.1) is 13.7 Å². The summed E-state index contributed by atoms with van der Waals surface area (Å²) >= 11 is 0. The van der Waals surface area contributed by atoms with Crippen molar-refractivity contribution in [3.8, 4) is 0 Å². The first-order valence-electron chi connectivity index (χ1n) is 12.7. The summed E-state index contributed by atoms with van der Waals surface area (Å²) in [6.45, 7) is 1.21. The summed E-state index contributed by atoms with van der Waals surface area (Å²) in [6.07, 6.45) is 1.25. The SMILES string of the molecule is COC(=O)[C@H](CCN(CCCCc1ccc2c(n1)NCCC2)CC(F)F)NC(=O)OCc1ccccc1.Cl. The Kier molecular flexibility index (Phi) is 13.8. The molecule has 1 aromatic carbocycles. The first-order valence-corrected chi connectivity index (χ1v) is 12.7. The molecule has 1 atom stereocenters. The minimum absolute atomic E-state index is 0. The molecular weight excluding hydrogens is 518 g/mol. The van der Waals surface area contributed by atoms with E-state index < -0.39 is 31.1 Å². The number of amides is 1. The number of carbonyl (C=O) groups is 2. The summed E-state index contributed by atoms with van der Waals surface area (Å²) in [4.78, 5) is 30.7. The maximum absolute atomic E-state index is 13.2. The molecule has 210 valence electrons. The number of alkyl halides is 2. The molecule has 8 nitrogen and oxygen atoms in total. The van der Waals surface area contributed by atoms with Gasteiger partial charge in [-0.25, -0.2) is 23.4 Å². The second-order valence-electron chi connectivity index (χ2n) is 9.06. The topological polar surface area (TPSA) is 92.8 Å². The van der Waals surface area contributed by atoms with Crippen molar-refractivity contribution >= 4 is 30.3 Å². The number of anilines is 1. The van der Waals surface area contributed by atoms with Crippen LogP contribution in [0.5, 0.6) is 0 Å². The quantitative estimate of drug-likeness (QED) is 0.260. The highest BCUT2D eigenvalue weighted by Crippen LogP contribution is 2.20. The molecule has 2 N–H and O–H groups in total. The Morgan fingerprint density at radius 3 is 2.66 bits per heavy atom. The number of aromatic nitrogens is 1. The third-order valence-corrected chi connectivity index (χ3v) is 6.23. The first-order chi connectivity index (χ1) is 17.9. The number of nitrogens with zero attached hydrogens (tertiary/aromatic N) is 2. The Morgan fingerprint density at radius 2 is 1.92 bits per heavy atom. The Hall–Kier alpha value is -2.98. The van der Waals surface area contributed by atoms with Crippen LogP contribution in [0.3, 0.4) is 0 Å². The monoisotopic (exact) mass is 554 g/mol. The molecule has 1 aliphatic rings. The smallest absolute Gasteiger partial charge is 0.408 e. The van der Waals surface area contributed by atoms with Crippen LogP contribution in [0.4, 0.5) is 19.4 Å². The fraction of sp³-hybridized carbons (Fsp3) is 0.519. The number of methoxy groups -OCH3 is 1. The molecule has 0 unspecified atom stereocenters. The number of halogens is 3. The van der Waals surface area contributed by atoms with Crippen LogP contribution >= 0.6 is 12.4 Å². The number of hydrogen-bond donors (Lipinski definition) is 2. The van der Waals surface area contributed by atoms with Gasteiger partial charge in [0.15, 0.2) is 0 Å². The van der Waals surface area contributed by atoms with E-state index in [1.165, 1.54) is 12.7 Å². The maximum Gasteiger partial charge on any atom is 0.408 e. The van der Waals surface area contributed by atoms with Gasteiger partial charge in [-0.05, 0) is 62.3 Å². The number of rotatable bonds is 14. The van der Waals surface area contributed by atoms with Gasteiger partial charge in [0.2, 0.25) is 0 Å². The summed E-state index contributed by atoms with van der Waals surface area (Å²) in [5, 5.41) is 5.82. The Bertz CT molecular complexity index is 1000. The van der Waals surface area contributed by atoms with Crippen LogP contribution in [0.2, 0.25) is 0 Å². The van der Waals surface area contributed by atoms with Gasteiger partial charge in [0.1, 0.15) is 18.5 Å². The summed E-state index contributed by atoms with van der Waals surface area (Å²) < 4.78 is 36.4. The van der Waals surface area contributed by atoms with E-state index in [-0.39, 0.29) is 32.0 Å². The van der Waals surface area contributed by atoms with Crippen LogP contribution in [-0.4, -0.2) is 67.7 Å². The average molecular weight is 555 g/mol. The summed E-state index contributed by atoms with van der Waals surface area (Å²) in [6, 6.07) is 12.3. The number of aryl methyl sites for hydroxylation is 2. The highest BCUT2D eigenvalue weighted by atomic mass is 35.5. The molecule has 0 fully saturated rings. The van der Waals surface area contributed by atoms with Crippen LogP contribution < -0.4 is 10.6 Å². The molecule has 1 aliphatic heterocycles. The lowest BCUT2D eigenvalue weighted by molar-refractivity contribution is -0.143. The number of alkyl carbamates (subject to hydrolysis) is 1. The zero-order valence-corrected chi connectivity index (χ0v) is 22.5. The molecule has 0 bridgehead atoms. The number of fused-ring (bicyclic) bond motifs is 1. The van der Waals surface area contributed by atoms with E-state index in [0.717, 1.165) is 49.3 Å². The number of pyridine rings is 1. The lowest BCUT2D eigenvalue weighted by Crippen LogP contribution is -2.44. The highest BCUT2D eigenvalue weighted by Gasteiger charge is 2.24. The van der Waals surface area contributed by atoms with E-state index >= 15 is 0 Å². The van der Waals surface area contributed by atoms with Gasteiger partial charge in [-0.2, -0.15) is 0 Å². The van der Waals surface area contributed by atoms with E-state index in [9.17, 15) is 18.4 Å². The molecule has 0 saturated carbocycles. The van der Waals surface area contributed by atoms with Crippen molar-refractivity contribution in [3.63, 3.8) is 0 Å². The van der Waals surface area contributed by atoms with E-state index in [2.05, 4.69) is 21.7 Å². The summed E-state index contributed by atoms with van der Waals surface area (Å²) in [5.41, 5.74) is 3.02. The predicted molar refractivity (Wildman–Crippen MR) is 144 cm³/mol. The van der Waals surface area contributed by atoms with Gasteiger partial charge in [-0.15, -0.1) is 12.4 Å². The molecule has 11 heteroatoms. The van der Waals surface area contributed by atoms with Gasteiger partial charge in [-0.1, -0.05) is 36.4 Å². The third-order valence-electron chi connectivity index (χ3n) is 6.23. The van der Waals surface area contributed by atoms with Crippen molar-refractivity contribution in [2.24, 2.45) is 0 Å². The average Bonchev–Trinajstić information content (AvgIpc) is 2.91. The van der Waals surface area contributed by atoms with Crippen molar-refractivity contribution in [3.05, 3.63) is 59.3 Å². The predicted octanol–water partition coefficient (Wildman–Crippen LogP) is 4.61. The molecule has 0 aliphatic carbocycles. The number of ether oxygens (including phenoxy) is 2. The number of hydrogen-bond acceptors (Lipinski definition) is 7. The van der Waals surface area contributed by atoms with E-state index in [0.29, 0.717) is 13.0 Å². The lowest BCUT2D eigenvalue weighted by Gasteiger charge is -2.24. The maximum atomic E-state index is 13.2. The highest BCUT2D eigenvalue weighted by molar-refractivity contribution is 5.85. The Balaban J connectivity index is 0.00000507. The zero-order valence-electron chi connectivity index (χ0n) is 21.7. The second-order valence-corrected chi connectivity index (χ2v) is 9.06. The number of unbranched alkanes of at least 4 members (excludes halogenated alkanes) is 1. The first kappa shape index (κ1) is 31.2. The molecule has 0 spiro atoms. The van der Waals surface area contributed by atoms with Crippen molar-refractivity contribution < 1.29 is 27.8 Å². The number of benzene rings is 1. The molecule has 3 rings (SSSR count). The molecule has 0 radical (unpaired) electrons. The zero-order chi connectivity index (χ0) is 26.5. The van der Waals surface area contributed by atoms with Crippen molar-refractivity contribution in [2.45, 2.75) is 57.6 Å². The molecule has 1 amide bonds. The minimum Gasteiger partial charge on any atom is -0.467 e. The van der Waals surface area contributed by atoms with Crippen LogP contribution in [-0.2, 0) is 33.7 Å². The Labute approximate surface area is 228 Å². The van der Waals surface area contributed by atoms with Crippen LogP contribution in [0, 0.1) is 0 Å². The van der Waals surface area contributed by atoms with Crippen molar-refractivity contribution in [1.82, 2.24) is 15.2 Å². The summed E-state index contributed by atoms with van der Waals surface area (Å²) in [7, 11) is 1.22. The van der Waals surface area contributed by atoms with Crippen LogP contribution in [0.25, 0.3) is 0 Å². The van der Waals surface area contributed by atoms with Crippen LogP contribution in [0.15, 0.2) is 42.5 Å². The molecule has 1 aromatic heterocycles. The summed E-state index contributed by atoms with van der Waals surface area (Å²) in [5.74, 6) is 0.299. The lowest BCUT2D eigenvalue weighted by atomic mass is 10.1. The fourth-order valence-electron chi connectivity index (χ4n) is 4.25. The number of nitrogens with one attached hydrogen (secondary N) is 2. The normalized spacial score (nSPS) is 13.2. The van der Waals surface area contributed by atoms with Gasteiger partial charge in [-0.3, -0.25) is 4.90 Å². The van der Waals surface area contributed by atoms with Gasteiger partial charge < -0.3 is 20.1 Å². The van der Waals surface area contributed by atoms with Gasteiger partial charge >= 0.3 is 12.1 Å². The van der Waals surface area contributed by atoms with E-state index in [4.69, 9.17) is 9.47 Å². The number of esters is 1. The minimum atomic E-state index is -2.51. The van der Waals surface area contributed by atoms with Crippen LogP contribution in [0.1, 0.15) is 42.5 Å². The largest absolute Gasteiger partial charge is 0.467 e. The van der Waals surface area contributed by atoms with Crippen molar-refractivity contribution in [2.75, 3.05) is 38.6 Å². The van der Waals surface area contributed by atoms with E-state index in [1.807, 2.05) is 36.4 Å². The standard InChI is InChI=1S/C27H36F2N4O4.ClH/c1-36-26(34)23(32-27(35)37-19-20-8-3-2-4-9-20)14-17-33(18-24(28)29)16-6-5-11-22-13-12-21-10-7-15-30-25(21)31-22;/h2-4,8-9,12-13,23-24H,5-7,10-11,14-19H2,1H3,(H,30,31)(H,32,35);1H/t23-;/m0./s1. The fourth-order valence-corrected chi connectivity index (χ4v) is 4.25. The third kappa shape index (κ3) is 10.8. The molecule has 2 aromatic rings. The molecule has 2 heterocycles. The van der Waals surface area contributed by atoms with Crippen molar-refractivity contribution in [1.29, 1.82) is 0 Å². The molecule has 38 heavy (non-hydrogen) atoms. The molecule has 0 saturated heterocycles. The van der Waals surface area contributed by atoms with E-state index in [1.54, 1.807) is 4.90 Å². The van der Waals surface area contributed by atoms with Gasteiger partial charge in [0.25, 0.3) is 6.43 Å².